The third-order valence-corrected chi connectivity index (χ3v) is 6.80. The molecule has 0 aliphatic heterocycles. The van der Waals surface area contributed by atoms with Crippen LogP contribution in [0.5, 0.6) is 0 Å². The Morgan fingerprint density at radius 1 is 1.03 bits per heavy atom. The first-order chi connectivity index (χ1) is 16.1. The van der Waals surface area contributed by atoms with E-state index in [0.717, 1.165) is 53.3 Å². The van der Waals surface area contributed by atoms with E-state index >= 15 is 0 Å². The zero-order valence-corrected chi connectivity index (χ0v) is 18.9. The van der Waals surface area contributed by atoms with Crippen LogP contribution in [0.15, 0.2) is 66.7 Å². The van der Waals surface area contributed by atoms with E-state index in [-0.39, 0.29) is 11.8 Å². The maximum absolute atomic E-state index is 12.1. The van der Waals surface area contributed by atoms with Gasteiger partial charge in [0.1, 0.15) is 5.69 Å². The van der Waals surface area contributed by atoms with Gasteiger partial charge in [0.2, 0.25) is 0 Å². The molecule has 4 nitrogen and oxygen atoms in total. The normalized spacial score (nSPS) is 15.5. The molecule has 1 atom stereocenters. The van der Waals surface area contributed by atoms with E-state index in [4.69, 9.17) is 4.74 Å². The molecule has 1 aromatic heterocycles. The Labute approximate surface area is 194 Å². The molecule has 4 heteroatoms. The smallest absolute Gasteiger partial charge is 0.352 e. The number of nitrogens with one attached hydrogen (secondary N) is 1. The lowest BCUT2D eigenvalue weighted by atomic mass is 9.89. The monoisotopic (exact) mass is 439 g/mol. The number of benzene rings is 3. The van der Waals surface area contributed by atoms with Gasteiger partial charge in [-0.05, 0) is 66.8 Å². The van der Waals surface area contributed by atoms with Crippen LogP contribution in [-0.4, -0.2) is 22.7 Å². The number of hydrogen-bond donors (Lipinski definition) is 2. The number of H-pyrrole nitrogens is 1. The SMILES string of the molecule is Cc1ccccc1-c1cccc2c(CCCOC3CCCc4ccccc43)c(C(=O)O)[nH]c12. The topological polar surface area (TPSA) is 62.3 Å². The van der Waals surface area contributed by atoms with Gasteiger partial charge in [-0.1, -0.05) is 66.7 Å². The van der Waals surface area contributed by atoms with Gasteiger partial charge in [-0.25, -0.2) is 4.79 Å². The molecule has 33 heavy (non-hydrogen) atoms. The number of rotatable bonds is 7. The van der Waals surface area contributed by atoms with E-state index < -0.39 is 5.97 Å². The van der Waals surface area contributed by atoms with Gasteiger partial charge in [0.25, 0.3) is 0 Å². The van der Waals surface area contributed by atoms with Crippen LogP contribution in [0.4, 0.5) is 0 Å². The first-order valence-electron chi connectivity index (χ1n) is 11.8. The molecule has 2 N–H and O–H groups in total. The number of aryl methyl sites for hydroxylation is 3. The molecule has 5 rings (SSSR count). The molecule has 168 valence electrons. The Balaban J connectivity index is 1.37. The molecule has 1 heterocycles. The fourth-order valence-corrected chi connectivity index (χ4v) is 5.17. The van der Waals surface area contributed by atoms with Crippen LogP contribution in [0.2, 0.25) is 0 Å². The second kappa shape index (κ2) is 9.24. The molecular formula is C29H29NO3. The molecule has 0 radical (unpaired) electrons. The summed E-state index contributed by atoms with van der Waals surface area (Å²) in [6, 6.07) is 22.8. The van der Waals surface area contributed by atoms with E-state index in [1.165, 1.54) is 16.7 Å². The van der Waals surface area contributed by atoms with Gasteiger partial charge in [0.05, 0.1) is 11.6 Å². The van der Waals surface area contributed by atoms with Gasteiger partial charge in [-0.2, -0.15) is 0 Å². The molecule has 1 unspecified atom stereocenters. The van der Waals surface area contributed by atoms with Crippen LogP contribution in [0, 0.1) is 6.92 Å². The number of ether oxygens (including phenoxy) is 1. The highest BCUT2D eigenvalue weighted by molar-refractivity contribution is 6.03. The average Bonchev–Trinajstić information content (AvgIpc) is 3.21. The van der Waals surface area contributed by atoms with Crippen LogP contribution in [0.25, 0.3) is 22.0 Å². The summed E-state index contributed by atoms with van der Waals surface area (Å²) in [6.45, 7) is 2.69. The summed E-state index contributed by atoms with van der Waals surface area (Å²) in [6.07, 6.45) is 4.90. The molecule has 0 fully saturated rings. The summed E-state index contributed by atoms with van der Waals surface area (Å²) in [4.78, 5) is 15.3. The third kappa shape index (κ3) is 4.19. The number of hydrogen-bond acceptors (Lipinski definition) is 2. The van der Waals surface area contributed by atoms with Crippen molar-refractivity contribution in [1.82, 2.24) is 4.98 Å². The van der Waals surface area contributed by atoms with Crippen LogP contribution in [0.1, 0.15) is 58.1 Å². The quantitative estimate of drug-likeness (QED) is 0.309. The van der Waals surface area contributed by atoms with Crippen molar-refractivity contribution in [2.75, 3.05) is 6.61 Å². The lowest BCUT2D eigenvalue weighted by Gasteiger charge is -2.25. The number of aromatic amines is 1. The van der Waals surface area contributed by atoms with Gasteiger partial charge in [0, 0.05) is 17.6 Å². The van der Waals surface area contributed by atoms with Crippen molar-refractivity contribution < 1.29 is 14.6 Å². The minimum Gasteiger partial charge on any atom is -0.477 e. The minimum atomic E-state index is -0.918. The number of para-hydroxylation sites is 1. The zero-order valence-electron chi connectivity index (χ0n) is 18.9. The van der Waals surface area contributed by atoms with Crippen molar-refractivity contribution in [1.29, 1.82) is 0 Å². The number of aromatic nitrogens is 1. The van der Waals surface area contributed by atoms with Crippen molar-refractivity contribution in [3.05, 3.63) is 94.7 Å². The van der Waals surface area contributed by atoms with Crippen molar-refractivity contribution in [2.45, 2.75) is 45.1 Å². The maximum Gasteiger partial charge on any atom is 0.352 e. The van der Waals surface area contributed by atoms with E-state index in [0.29, 0.717) is 13.0 Å². The first kappa shape index (κ1) is 21.5. The Bertz CT molecular complexity index is 1300. The van der Waals surface area contributed by atoms with Gasteiger partial charge < -0.3 is 14.8 Å². The van der Waals surface area contributed by atoms with Gasteiger partial charge in [0.15, 0.2) is 0 Å². The molecule has 1 aliphatic carbocycles. The third-order valence-electron chi connectivity index (χ3n) is 6.80. The lowest BCUT2D eigenvalue weighted by molar-refractivity contribution is 0.0393. The van der Waals surface area contributed by atoms with Gasteiger partial charge in [-0.3, -0.25) is 0 Å². The molecule has 4 aromatic rings. The standard InChI is InChI=1S/C29H29NO3/c1-19-9-2-4-12-21(19)23-14-7-15-24-25(28(29(31)32)30-27(23)24)16-8-18-33-26-17-6-11-20-10-3-5-13-22(20)26/h2-5,7,9-10,12-15,26,30H,6,8,11,16-18H2,1H3,(H,31,32). The van der Waals surface area contributed by atoms with Gasteiger partial charge in [-0.15, -0.1) is 0 Å². The lowest BCUT2D eigenvalue weighted by Crippen LogP contribution is -2.13. The van der Waals surface area contributed by atoms with Crippen LogP contribution in [0.3, 0.4) is 0 Å². The highest BCUT2D eigenvalue weighted by Crippen LogP contribution is 2.35. The summed E-state index contributed by atoms with van der Waals surface area (Å²) in [5.41, 5.74) is 8.06. The van der Waals surface area contributed by atoms with Gasteiger partial charge >= 0.3 is 5.97 Å². The van der Waals surface area contributed by atoms with E-state index in [9.17, 15) is 9.90 Å². The first-order valence-corrected chi connectivity index (χ1v) is 11.8. The fraction of sp³-hybridized carbons (Fsp3) is 0.276. The van der Waals surface area contributed by atoms with E-state index in [1.54, 1.807) is 0 Å². The second-order valence-electron chi connectivity index (χ2n) is 8.88. The Hall–Kier alpha value is -3.37. The Kier molecular flexibility index (Phi) is 6.01. The molecule has 0 saturated heterocycles. The maximum atomic E-state index is 12.1. The number of fused-ring (bicyclic) bond motifs is 2. The average molecular weight is 440 g/mol. The van der Waals surface area contributed by atoms with E-state index in [1.807, 2.05) is 24.3 Å². The Morgan fingerprint density at radius 2 is 1.82 bits per heavy atom. The molecule has 0 amide bonds. The summed E-state index contributed by atoms with van der Waals surface area (Å²) in [5.74, 6) is -0.918. The zero-order chi connectivity index (χ0) is 22.8. The predicted octanol–water partition coefficient (Wildman–Crippen LogP) is 6.87. The number of carboxylic acid groups (broad SMARTS) is 1. The van der Waals surface area contributed by atoms with Crippen LogP contribution < -0.4 is 0 Å². The number of carboxylic acids is 1. The summed E-state index contributed by atoms with van der Waals surface area (Å²) in [7, 11) is 0. The summed E-state index contributed by atoms with van der Waals surface area (Å²) >= 11 is 0. The molecule has 0 saturated carbocycles. The number of aromatic carboxylic acids is 1. The molecular weight excluding hydrogens is 410 g/mol. The molecule has 0 spiro atoms. The molecule has 1 aliphatic rings. The van der Waals surface area contributed by atoms with Crippen LogP contribution in [-0.2, 0) is 17.6 Å². The van der Waals surface area contributed by atoms with Crippen LogP contribution >= 0.6 is 0 Å². The number of carbonyl (C=O) groups is 1. The molecule has 0 bridgehead atoms. The van der Waals surface area contributed by atoms with Crippen molar-refractivity contribution in [3.8, 4) is 11.1 Å². The minimum absolute atomic E-state index is 0.143. The highest BCUT2D eigenvalue weighted by Gasteiger charge is 2.22. The predicted molar refractivity (Wildman–Crippen MR) is 132 cm³/mol. The Morgan fingerprint density at radius 3 is 2.67 bits per heavy atom. The van der Waals surface area contributed by atoms with Crippen molar-refractivity contribution >= 4 is 16.9 Å². The summed E-state index contributed by atoms with van der Waals surface area (Å²) < 4.78 is 6.27. The van der Waals surface area contributed by atoms with E-state index in [2.05, 4.69) is 54.4 Å². The largest absolute Gasteiger partial charge is 0.477 e. The molecule has 3 aromatic carbocycles. The summed E-state index contributed by atoms with van der Waals surface area (Å²) in [5, 5.41) is 10.9. The fourth-order valence-electron chi connectivity index (χ4n) is 5.17. The van der Waals surface area contributed by atoms with Crippen molar-refractivity contribution in [2.24, 2.45) is 0 Å². The second-order valence-corrected chi connectivity index (χ2v) is 8.88. The highest BCUT2D eigenvalue weighted by atomic mass is 16.5. The van der Waals surface area contributed by atoms with Crippen molar-refractivity contribution in [3.63, 3.8) is 0 Å².